The minimum Gasteiger partial charge on any atom is -0.411 e. The van der Waals surface area contributed by atoms with E-state index in [-0.39, 0.29) is 5.91 Å². The van der Waals surface area contributed by atoms with E-state index in [4.69, 9.17) is 9.15 Å². The van der Waals surface area contributed by atoms with Crippen molar-refractivity contribution in [1.29, 1.82) is 0 Å². The van der Waals surface area contributed by atoms with E-state index in [1.807, 2.05) is 61.2 Å². The number of nitrogens with zero attached hydrogens (tertiary/aromatic N) is 3. The van der Waals surface area contributed by atoms with E-state index in [2.05, 4.69) is 16.3 Å². The summed E-state index contributed by atoms with van der Waals surface area (Å²) in [6.07, 6.45) is 0. The van der Waals surface area contributed by atoms with E-state index in [1.165, 1.54) is 11.8 Å². The third kappa shape index (κ3) is 4.68. The molecular formula is C22H23N3O3S. The molecule has 0 saturated carbocycles. The maximum absolute atomic E-state index is 13.2. The molecule has 1 amide bonds. The molecule has 7 heteroatoms. The monoisotopic (exact) mass is 409 g/mol. The minimum absolute atomic E-state index is 0.0376. The Hall–Kier alpha value is -2.64. The molecule has 0 spiro atoms. The number of ether oxygens (including phenoxy) is 1. The van der Waals surface area contributed by atoms with Crippen LogP contribution in [0.1, 0.15) is 21.9 Å². The summed E-state index contributed by atoms with van der Waals surface area (Å²) in [4.78, 5) is 15.1. The molecule has 0 unspecified atom stereocenters. The highest BCUT2D eigenvalue weighted by Crippen LogP contribution is 2.37. The molecule has 150 valence electrons. The summed E-state index contributed by atoms with van der Waals surface area (Å²) in [7, 11) is 0. The van der Waals surface area contributed by atoms with Gasteiger partial charge in [0.1, 0.15) is 5.25 Å². The van der Waals surface area contributed by atoms with Crippen molar-refractivity contribution in [2.75, 3.05) is 26.3 Å². The molecule has 2 heterocycles. The summed E-state index contributed by atoms with van der Waals surface area (Å²) in [6.45, 7) is 6.40. The van der Waals surface area contributed by atoms with Gasteiger partial charge in [0, 0.05) is 18.7 Å². The molecule has 1 atom stereocenters. The zero-order valence-electron chi connectivity index (χ0n) is 16.5. The van der Waals surface area contributed by atoms with Gasteiger partial charge in [-0.25, -0.2) is 0 Å². The first kappa shape index (κ1) is 19.7. The molecule has 29 heavy (non-hydrogen) atoms. The number of benzene rings is 2. The topological polar surface area (TPSA) is 68.5 Å². The van der Waals surface area contributed by atoms with Crippen molar-refractivity contribution in [3.05, 3.63) is 65.2 Å². The zero-order valence-corrected chi connectivity index (χ0v) is 17.3. The molecule has 1 aromatic heterocycles. The molecule has 4 rings (SSSR count). The SMILES string of the molecule is Cc1cc(C)cc(-c2nnc(S[C@H](C(=O)N3CCOCC3)c3ccccc3)o2)c1. The molecule has 0 N–H and O–H groups in total. The second-order valence-corrected chi connectivity index (χ2v) is 8.15. The van der Waals surface area contributed by atoms with Gasteiger partial charge in [-0.05, 0) is 43.3 Å². The summed E-state index contributed by atoms with van der Waals surface area (Å²) >= 11 is 1.30. The Bertz CT molecular complexity index is 964. The van der Waals surface area contributed by atoms with Gasteiger partial charge in [0.25, 0.3) is 5.22 Å². The number of amides is 1. The molecule has 1 aliphatic heterocycles. The number of aryl methyl sites for hydroxylation is 2. The molecule has 3 aromatic rings. The van der Waals surface area contributed by atoms with Gasteiger partial charge in [-0.1, -0.05) is 47.5 Å². The lowest BCUT2D eigenvalue weighted by atomic mass is 10.1. The van der Waals surface area contributed by atoms with Crippen LogP contribution in [0.5, 0.6) is 0 Å². The summed E-state index contributed by atoms with van der Waals surface area (Å²) in [6, 6.07) is 15.9. The molecule has 0 radical (unpaired) electrons. The van der Waals surface area contributed by atoms with Crippen molar-refractivity contribution in [3.8, 4) is 11.5 Å². The third-order valence-corrected chi connectivity index (χ3v) is 5.82. The lowest BCUT2D eigenvalue weighted by Gasteiger charge is -2.29. The number of aromatic nitrogens is 2. The van der Waals surface area contributed by atoms with Crippen molar-refractivity contribution in [2.45, 2.75) is 24.3 Å². The molecule has 0 aliphatic carbocycles. The molecule has 0 bridgehead atoms. The van der Waals surface area contributed by atoms with Crippen LogP contribution in [-0.4, -0.2) is 47.3 Å². The number of carbonyl (C=O) groups is 1. The zero-order chi connectivity index (χ0) is 20.2. The van der Waals surface area contributed by atoms with Gasteiger partial charge < -0.3 is 14.1 Å². The van der Waals surface area contributed by atoms with Crippen LogP contribution in [0.15, 0.2) is 58.2 Å². The first-order valence-corrected chi connectivity index (χ1v) is 10.5. The summed E-state index contributed by atoms with van der Waals surface area (Å²) in [5, 5.41) is 8.34. The Morgan fingerprint density at radius 3 is 2.41 bits per heavy atom. The van der Waals surface area contributed by atoms with Gasteiger partial charge in [-0.2, -0.15) is 0 Å². The lowest BCUT2D eigenvalue weighted by molar-refractivity contribution is -0.134. The predicted molar refractivity (Wildman–Crippen MR) is 112 cm³/mol. The fraction of sp³-hybridized carbons (Fsp3) is 0.318. The van der Waals surface area contributed by atoms with Gasteiger partial charge in [0.05, 0.1) is 13.2 Å². The average Bonchev–Trinajstić information content (AvgIpc) is 3.21. The molecule has 1 aliphatic rings. The lowest BCUT2D eigenvalue weighted by Crippen LogP contribution is -2.42. The predicted octanol–water partition coefficient (Wildman–Crippen LogP) is 4.05. The van der Waals surface area contributed by atoms with E-state index < -0.39 is 5.25 Å². The maximum Gasteiger partial charge on any atom is 0.277 e. The second kappa shape index (κ2) is 8.80. The van der Waals surface area contributed by atoms with Gasteiger partial charge in [0.15, 0.2) is 0 Å². The van der Waals surface area contributed by atoms with Crippen LogP contribution < -0.4 is 0 Å². The van der Waals surface area contributed by atoms with Crippen LogP contribution >= 0.6 is 11.8 Å². The summed E-state index contributed by atoms with van der Waals surface area (Å²) in [5.74, 6) is 0.501. The third-order valence-electron chi connectivity index (χ3n) is 4.74. The number of rotatable bonds is 5. The van der Waals surface area contributed by atoms with E-state index in [0.717, 1.165) is 22.3 Å². The first-order valence-electron chi connectivity index (χ1n) is 9.60. The Morgan fingerprint density at radius 1 is 1.03 bits per heavy atom. The van der Waals surface area contributed by atoms with Gasteiger partial charge in [0.2, 0.25) is 11.8 Å². The number of morpholine rings is 1. The van der Waals surface area contributed by atoms with Crippen molar-refractivity contribution < 1.29 is 13.9 Å². The van der Waals surface area contributed by atoms with E-state index >= 15 is 0 Å². The van der Waals surface area contributed by atoms with Gasteiger partial charge >= 0.3 is 0 Å². The van der Waals surface area contributed by atoms with Crippen LogP contribution in [0.3, 0.4) is 0 Å². The minimum atomic E-state index is -0.443. The van der Waals surface area contributed by atoms with Crippen LogP contribution in [0, 0.1) is 13.8 Å². The normalized spacial score (nSPS) is 15.3. The second-order valence-electron chi connectivity index (χ2n) is 7.10. The fourth-order valence-corrected chi connectivity index (χ4v) is 4.37. The highest BCUT2D eigenvalue weighted by atomic mass is 32.2. The molecule has 1 saturated heterocycles. The molecule has 6 nitrogen and oxygen atoms in total. The van der Waals surface area contributed by atoms with Crippen molar-refractivity contribution >= 4 is 17.7 Å². The number of hydrogen-bond donors (Lipinski definition) is 0. The Labute approximate surface area is 174 Å². The molecule has 1 fully saturated rings. The number of carbonyl (C=O) groups excluding carboxylic acids is 1. The summed E-state index contributed by atoms with van der Waals surface area (Å²) < 4.78 is 11.3. The standard InChI is InChI=1S/C22H23N3O3S/c1-15-12-16(2)14-18(13-15)20-23-24-22(28-20)29-19(17-6-4-3-5-7-17)21(26)25-8-10-27-11-9-25/h3-7,12-14,19H,8-11H2,1-2H3/t19-/m0/s1. The highest BCUT2D eigenvalue weighted by Gasteiger charge is 2.30. The fourth-order valence-electron chi connectivity index (χ4n) is 3.41. The van der Waals surface area contributed by atoms with Crippen LogP contribution in [0.25, 0.3) is 11.5 Å². The van der Waals surface area contributed by atoms with Crippen LogP contribution in [0.4, 0.5) is 0 Å². The van der Waals surface area contributed by atoms with Crippen molar-refractivity contribution in [3.63, 3.8) is 0 Å². The van der Waals surface area contributed by atoms with Gasteiger partial charge in [-0.15, -0.1) is 10.2 Å². The average molecular weight is 410 g/mol. The van der Waals surface area contributed by atoms with E-state index in [9.17, 15) is 4.79 Å². The quantitative estimate of drug-likeness (QED) is 0.592. The Balaban J connectivity index is 1.59. The van der Waals surface area contributed by atoms with E-state index in [1.54, 1.807) is 0 Å². The van der Waals surface area contributed by atoms with Gasteiger partial charge in [-0.3, -0.25) is 4.79 Å². The highest BCUT2D eigenvalue weighted by molar-refractivity contribution is 8.00. The maximum atomic E-state index is 13.2. The number of hydrogen-bond acceptors (Lipinski definition) is 6. The van der Waals surface area contributed by atoms with Crippen molar-refractivity contribution in [2.24, 2.45) is 0 Å². The number of thioether (sulfide) groups is 1. The Morgan fingerprint density at radius 2 is 1.72 bits per heavy atom. The van der Waals surface area contributed by atoms with E-state index in [0.29, 0.717) is 37.4 Å². The van der Waals surface area contributed by atoms with Crippen LogP contribution in [0.2, 0.25) is 0 Å². The molecule has 2 aromatic carbocycles. The first-order chi connectivity index (χ1) is 14.1. The smallest absolute Gasteiger partial charge is 0.277 e. The molecular weight excluding hydrogens is 386 g/mol. The van der Waals surface area contributed by atoms with Crippen LogP contribution in [-0.2, 0) is 9.53 Å². The Kier molecular flexibility index (Phi) is 5.97. The van der Waals surface area contributed by atoms with Crippen molar-refractivity contribution in [1.82, 2.24) is 15.1 Å². The summed E-state index contributed by atoms with van der Waals surface area (Å²) in [5.41, 5.74) is 4.08. The largest absolute Gasteiger partial charge is 0.411 e.